The zero-order valence-electron chi connectivity index (χ0n) is 13.9. The van der Waals surface area contributed by atoms with E-state index in [-0.39, 0.29) is 23.0 Å². The van der Waals surface area contributed by atoms with Gasteiger partial charge in [0.15, 0.2) is 5.69 Å². The molecule has 0 atom stereocenters. The lowest BCUT2D eigenvalue weighted by Crippen LogP contribution is -2.35. The van der Waals surface area contributed by atoms with Crippen molar-refractivity contribution in [2.24, 2.45) is 0 Å². The third kappa shape index (κ3) is 4.35. The van der Waals surface area contributed by atoms with E-state index in [0.29, 0.717) is 11.3 Å². The van der Waals surface area contributed by atoms with Gasteiger partial charge < -0.3 is 25.5 Å². The van der Waals surface area contributed by atoms with Gasteiger partial charge in [-0.1, -0.05) is 13.2 Å². The van der Waals surface area contributed by atoms with E-state index in [1.807, 2.05) is 0 Å². The number of nitrogen functional groups attached to an aromatic ring is 1. The zero-order chi connectivity index (χ0) is 19.3. The fraction of sp³-hybridized carbons (Fsp3) is 0.0588. The van der Waals surface area contributed by atoms with Crippen LogP contribution in [0.3, 0.4) is 0 Å². The second-order valence-corrected chi connectivity index (χ2v) is 5.02. The van der Waals surface area contributed by atoms with Crippen LogP contribution < -0.4 is 16.4 Å². The van der Waals surface area contributed by atoms with Gasteiger partial charge in [-0.25, -0.2) is 9.78 Å². The molecule has 4 N–H and O–H groups in total. The number of nitrogens with zero attached hydrogens (tertiary/aromatic N) is 1. The summed E-state index contributed by atoms with van der Waals surface area (Å²) in [4.78, 5) is 39.2. The van der Waals surface area contributed by atoms with Crippen LogP contribution in [0, 0.1) is 0 Å². The highest BCUT2D eigenvalue weighted by Gasteiger charge is 2.18. The monoisotopic (exact) mass is 356 g/mol. The fourth-order valence-corrected chi connectivity index (χ4v) is 1.78. The van der Waals surface area contributed by atoms with Crippen molar-refractivity contribution in [3.05, 3.63) is 60.8 Å². The smallest absolute Gasteiger partial charge is 0.353 e. The molecule has 0 bridgehead atoms. The van der Waals surface area contributed by atoms with Crippen LogP contribution in [0.1, 0.15) is 10.5 Å². The number of carbonyl (C=O) groups is 3. The number of hydrogen-bond donors (Lipinski definition) is 3. The Bertz CT molecular complexity index is 883. The SMILES string of the molecule is C=C(NC(=O)c1coc(-c2ccc(N)cc2)n1)C(=O)NC(=C)C(=O)OC. The first-order valence-corrected chi connectivity index (χ1v) is 7.22. The normalized spacial score (nSPS) is 9.88. The number of amides is 2. The summed E-state index contributed by atoms with van der Waals surface area (Å²) in [6, 6.07) is 6.71. The minimum absolute atomic E-state index is 0.0578. The van der Waals surface area contributed by atoms with Crippen LogP contribution in [0.15, 0.2) is 59.5 Å². The summed E-state index contributed by atoms with van der Waals surface area (Å²) < 4.78 is 9.64. The molecule has 0 radical (unpaired) electrons. The largest absolute Gasteiger partial charge is 0.464 e. The number of rotatable bonds is 6. The van der Waals surface area contributed by atoms with Gasteiger partial charge in [0, 0.05) is 11.3 Å². The minimum Gasteiger partial charge on any atom is -0.464 e. The number of anilines is 1. The Hall–Kier alpha value is -3.88. The molecule has 1 heterocycles. The lowest BCUT2D eigenvalue weighted by Gasteiger charge is -2.08. The molecule has 134 valence electrons. The van der Waals surface area contributed by atoms with Crippen LogP contribution >= 0.6 is 0 Å². The maximum atomic E-state index is 12.1. The lowest BCUT2D eigenvalue weighted by atomic mass is 10.2. The summed E-state index contributed by atoms with van der Waals surface area (Å²) in [6.07, 6.45) is 1.14. The van der Waals surface area contributed by atoms with E-state index in [9.17, 15) is 14.4 Å². The van der Waals surface area contributed by atoms with Crippen LogP contribution in [0.4, 0.5) is 5.69 Å². The van der Waals surface area contributed by atoms with Gasteiger partial charge >= 0.3 is 5.97 Å². The van der Waals surface area contributed by atoms with Crippen molar-refractivity contribution >= 4 is 23.5 Å². The van der Waals surface area contributed by atoms with E-state index >= 15 is 0 Å². The topological polar surface area (TPSA) is 137 Å². The summed E-state index contributed by atoms with van der Waals surface area (Å²) in [7, 11) is 1.14. The maximum Gasteiger partial charge on any atom is 0.353 e. The first-order chi connectivity index (χ1) is 12.3. The summed E-state index contributed by atoms with van der Waals surface area (Å²) in [5, 5.41) is 4.40. The molecule has 0 spiro atoms. The number of ether oxygens (including phenoxy) is 1. The van der Waals surface area contributed by atoms with Gasteiger partial charge in [-0.15, -0.1) is 0 Å². The Morgan fingerprint density at radius 3 is 2.38 bits per heavy atom. The van der Waals surface area contributed by atoms with Gasteiger partial charge in [-0.2, -0.15) is 0 Å². The maximum absolute atomic E-state index is 12.1. The molecule has 26 heavy (non-hydrogen) atoms. The Morgan fingerprint density at radius 1 is 1.12 bits per heavy atom. The van der Waals surface area contributed by atoms with Crippen LogP contribution in [0.2, 0.25) is 0 Å². The molecule has 0 fully saturated rings. The summed E-state index contributed by atoms with van der Waals surface area (Å²) in [5.41, 5.74) is 6.15. The van der Waals surface area contributed by atoms with Crippen molar-refractivity contribution < 1.29 is 23.5 Å². The van der Waals surface area contributed by atoms with Crippen LogP contribution in [-0.4, -0.2) is 29.9 Å². The predicted molar refractivity (Wildman–Crippen MR) is 92.3 cm³/mol. The quantitative estimate of drug-likeness (QED) is 0.398. The van der Waals surface area contributed by atoms with Crippen molar-refractivity contribution in [3.63, 3.8) is 0 Å². The highest BCUT2D eigenvalue weighted by molar-refractivity contribution is 6.04. The fourth-order valence-electron chi connectivity index (χ4n) is 1.78. The predicted octanol–water partition coefficient (Wildman–Crippen LogP) is 0.970. The number of esters is 1. The summed E-state index contributed by atoms with van der Waals surface area (Å²) >= 11 is 0. The van der Waals surface area contributed by atoms with Crippen LogP contribution in [0.5, 0.6) is 0 Å². The van der Waals surface area contributed by atoms with Gasteiger partial charge in [0.05, 0.1) is 12.8 Å². The summed E-state index contributed by atoms with van der Waals surface area (Å²) in [5.74, 6) is -2.14. The number of carbonyl (C=O) groups excluding carboxylic acids is 3. The van der Waals surface area contributed by atoms with E-state index in [1.54, 1.807) is 24.3 Å². The molecule has 0 saturated heterocycles. The van der Waals surface area contributed by atoms with Gasteiger partial charge in [0.2, 0.25) is 5.89 Å². The number of methoxy groups -OCH3 is 1. The molecule has 0 aliphatic heterocycles. The van der Waals surface area contributed by atoms with E-state index in [1.165, 1.54) is 0 Å². The van der Waals surface area contributed by atoms with Crippen molar-refractivity contribution in [3.8, 4) is 11.5 Å². The molecule has 2 aromatic rings. The molecule has 0 saturated carbocycles. The molecule has 9 heteroatoms. The highest BCUT2D eigenvalue weighted by atomic mass is 16.5. The van der Waals surface area contributed by atoms with Crippen LogP contribution in [0.25, 0.3) is 11.5 Å². The molecular weight excluding hydrogens is 340 g/mol. The third-order valence-corrected chi connectivity index (χ3v) is 3.13. The van der Waals surface area contributed by atoms with Crippen molar-refractivity contribution in [2.45, 2.75) is 0 Å². The Labute approximate surface area is 148 Å². The molecular formula is C17H16N4O5. The highest BCUT2D eigenvalue weighted by Crippen LogP contribution is 2.19. The van der Waals surface area contributed by atoms with Crippen molar-refractivity contribution in [2.75, 3.05) is 12.8 Å². The molecule has 2 rings (SSSR count). The minimum atomic E-state index is -0.823. The number of aromatic nitrogens is 1. The number of oxazole rings is 1. The Balaban J connectivity index is 2.00. The summed E-state index contributed by atoms with van der Waals surface area (Å²) in [6.45, 7) is 6.76. The Kier molecular flexibility index (Phi) is 5.53. The second kappa shape index (κ2) is 7.79. The average molecular weight is 356 g/mol. The van der Waals surface area contributed by atoms with E-state index in [0.717, 1.165) is 13.4 Å². The molecule has 0 aliphatic rings. The molecule has 9 nitrogen and oxygen atoms in total. The van der Waals surface area contributed by atoms with Crippen LogP contribution in [-0.2, 0) is 14.3 Å². The number of nitrogens with one attached hydrogen (secondary N) is 2. The average Bonchev–Trinajstić information content (AvgIpc) is 3.11. The Morgan fingerprint density at radius 2 is 1.77 bits per heavy atom. The van der Waals surface area contributed by atoms with Crippen molar-refractivity contribution in [1.82, 2.24) is 15.6 Å². The van der Waals surface area contributed by atoms with Crippen molar-refractivity contribution in [1.29, 1.82) is 0 Å². The van der Waals surface area contributed by atoms with E-state index in [4.69, 9.17) is 10.2 Å². The zero-order valence-corrected chi connectivity index (χ0v) is 13.9. The number of nitrogens with two attached hydrogens (primary N) is 1. The molecule has 1 aromatic carbocycles. The van der Waals surface area contributed by atoms with Gasteiger partial charge in [-0.05, 0) is 24.3 Å². The third-order valence-electron chi connectivity index (χ3n) is 3.13. The second-order valence-electron chi connectivity index (χ2n) is 5.02. The molecule has 2 amide bonds. The molecule has 0 aliphatic carbocycles. The standard InChI is InChI=1S/C17H16N4O5/c1-9(14(22)20-10(2)17(24)25-3)19-15(23)13-8-26-16(21-13)11-4-6-12(18)7-5-11/h4-8H,1-2,18H2,3H3,(H,19,23)(H,20,22). The van der Waals surface area contributed by atoms with E-state index < -0.39 is 17.8 Å². The van der Waals surface area contributed by atoms with Gasteiger partial charge in [0.25, 0.3) is 11.8 Å². The molecule has 1 aromatic heterocycles. The van der Waals surface area contributed by atoms with E-state index in [2.05, 4.69) is 33.5 Å². The van der Waals surface area contributed by atoms with Gasteiger partial charge in [0.1, 0.15) is 12.0 Å². The first kappa shape index (κ1) is 18.5. The number of benzene rings is 1. The number of hydrogen-bond acceptors (Lipinski definition) is 7. The first-order valence-electron chi connectivity index (χ1n) is 7.22. The lowest BCUT2D eigenvalue weighted by molar-refractivity contribution is -0.137. The molecule has 0 unspecified atom stereocenters. The van der Waals surface area contributed by atoms with Gasteiger partial charge in [-0.3, -0.25) is 9.59 Å².